The van der Waals surface area contributed by atoms with Crippen LogP contribution in [0.15, 0.2) is 54.6 Å². The number of hydrogen-bond acceptors (Lipinski definition) is 4. The minimum atomic E-state index is -0.0638. The number of aryl methyl sites for hydroxylation is 1. The van der Waals surface area contributed by atoms with E-state index >= 15 is 0 Å². The van der Waals surface area contributed by atoms with Crippen LogP contribution in [-0.2, 0) is 0 Å². The van der Waals surface area contributed by atoms with Crippen LogP contribution < -0.4 is 10.1 Å². The Morgan fingerprint density at radius 2 is 1.77 bits per heavy atom. The van der Waals surface area contributed by atoms with Crippen LogP contribution in [-0.4, -0.2) is 31.0 Å². The molecule has 1 atom stereocenters. The topological polar surface area (TPSA) is 41.6 Å². The number of methoxy groups -OCH3 is 1. The third kappa shape index (κ3) is 4.68. The molecule has 5 heteroatoms. The number of ether oxygens (including phenoxy) is 1. The molecule has 1 saturated heterocycles. The molecule has 1 aromatic heterocycles. The van der Waals surface area contributed by atoms with Crippen molar-refractivity contribution in [3.63, 3.8) is 0 Å². The average Bonchev–Trinajstić information content (AvgIpc) is 3.08. The molecule has 3 aromatic rings. The van der Waals surface area contributed by atoms with Gasteiger partial charge in [-0.3, -0.25) is 9.69 Å². The second kappa shape index (κ2) is 9.67. The fourth-order valence-electron chi connectivity index (χ4n) is 4.38. The van der Waals surface area contributed by atoms with Crippen molar-refractivity contribution in [2.45, 2.75) is 39.2 Å². The minimum Gasteiger partial charge on any atom is -0.497 e. The SMILES string of the molecule is COc1cccc([C@H](c2c(NC(=O)c3ccccc3)sc(C)c2C)N2CCCCC2)c1. The highest BCUT2D eigenvalue weighted by molar-refractivity contribution is 7.16. The number of carbonyl (C=O) groups is 1. The quantitative estimate of drug-likeness (QED) is 0.502. The molecule has 0 spiro atoms. The van der Waals surface area contributed by atoms with Crippen molar-refractivity contribution in [2.75, 3.05) is 25.5 Å². The highest BCUT2D eigenvalue weighted by Gasteiger charge is 2.30. The number of rotatable bonds is 6. The Morgan fingerprint density at radius 3 is 2.48 bits per heavy atom. The summed E-state index contributed by atoms with van der Waals surface area (Å²) in [7, 11) is 1.71. The van der Waals surface area contributed by atoms with E-state index in [9.17, 15) is 4.79 Å². The van der Waals surface area contributed by atoms with Gasteiger partial charge in [0.1, 0.15) is 10.8 Å². The minimum absolute atomic E-state index is 0.0638. The van der Waals surface area contributed by atoms with E-state index < -0.39 is 0 Å². The molecule has 1 amide bonds. The normalized spacial score (nSPS) is 15.5. The number of nitrogens with one attached hydrogen (secondary N) is 1. The Labute approximate surface area is 188 Å². The number of anilines is 1. The molecule has 1 aliphatic heterocycles. The van der Waals surface area contributed by atoms with E-state index in [2.05, 4.69) is 42.3 Å². The van der Waals surface area contributed by atoms with Crippen molar-refractivity contribution >= 4 is 22.2 Å². The lowest BCUT2D eigenvalue weighted by molar-refractivity contribution is 0.102. The van der Waals surface area contributed by atoms with Crippen molar-refractivity contribution in [3.05, 3.63) is 81.7 Å². The van der Waals surface area contributed by atoms with Gasteiger partial charge in [-0.05, 0) is 75.2 Å². The zero-order valence-corrected chi connectivity index (χ0v) is 19.3. The van der Waals surface area contributed by atoms with E-state index in [4.69, 9.17) is 4.74 Å². The summed E-state index contributed by atoms with van der Waals surface area (Å²) < 4.78 is 5.53. The standard InChI is InChI=1S/C26H30N2O2S/c1-18-19(2)31-26(27-25(29)20-11-6-4-7-12-20)23(18)24(28-15-8-5-9-16-28)21-13-10-14-22(17-21)30-3/h4,6-7,10-14,17,24H,5,8-9,15-16H2,1-3H3,(H,27,29)/t24-/m1/s1. The maximum atomic E-state index is 13.0. The van der Waals surface area contributed by atoms with Crippen LogP contribution in [0.3, 0.4) is 0 Å². The summed E-state index contributed by atoms with van der Waals surface area (Å²) in [6.45, 7) is 6.43. The van der Waals surface area contributed by atoms with Gasteiger partial charge >= 0.3 is 0 Å². The summed E-state index contributed by atoms with van der Waals surface area (Å²) in [5, 5.41) is 4.17. The number of benzene rings is 2. The van der Waals surface area contributed by atoms with Gasteiger partial charge in [0.15, 0.2) is 0 Å². The zero-order valence-electron chi connectivity index (χ0n) is 18.5. The molecule has 4 rings (SSSR count). The van der Waals surface area contributed by atoms with Crippen LogP contribution in [0.1, 0.15) is 57.2 Å². The molecule has 0 saturated carbocycles. The molecule has 31 heavy (non-hydrogen) atoms. The summed E-state index contributed by atoms with van der Waals surface area (Å²) in [5.41, 5.74) is 4.35. The molecule has 1 fully saturated rings. The maximum absolute atomic E-state index is 13.0. The van der Waals surface area contributed by atoms with Crippen molar-refractivity contribution in [3.8, 4) is 5.75 Å². The van der Waals surface area contributed by atoms with Crippen molar-refractivity contribution in [1.82, 2.24) is 4.90 Å². The highest BCUT2D eigenvalue weighted by Crippen LogP contribution is 2.43. The number of likely N-dealkylation sites (tertiary alicyclic amines) is 1. The van der Waals surface area contributed by atoms with Crippen LogP contribution in [0.5, 0.6) is 5.75 Å². The van der Waals surface area contributed by atoms with Gasteiger partial charge in [0.25, 0.3) is 5.91 Å². The second-order valence-electron chi connectivity index (χ2n) is 8.12. The molecule has 162 valence electrons. The van der Waals surface area contributed by atoms with Gasteiger partial charge in [0.05, 0.1) is 13.2 Å². The third-order valence-electron chi connectivity index (χ3n) is 6.13. The molecular formula is C26H30N2O2S. The number of amides is 1. The highest BCUT2D eigenvalue weighted by atomic mass is 32.1. The number of piperidine rings is 1. The Hall–Kier alpha value is -2.63. The number of carbonyl (C=O) groups excluding carboxylic acids is 1. The van der Waals surface area contributed by atoms with Crippen LogP contribution in [0.4, 0.5) is 5.00 Å². The van der Waals surface area contributed by atoms with E-state index in [0.717, 1.165) is 23.8 Å². The molecule has 4 nitrogen and oxygen atoms in total. The third-order valence-corrected chi connectivity index (χ3v) is 7.27. The van der Waals surface area contributed by atoms with Gasteiger partial charge in [0, 0.05) is 16.0 Å². The summed E-state index contributed by atoms with van der Waals surface area (Å²) in [6.07, 6.45) is 3.68. The van der Waals surface area contributed by atoms with Gasteiger partial charge in [0.2, 0.25) is 0 Å². The second-order valence-corrected chi connectivity index (χ2v) is 9.35. The van der Waals surface area contributed by atoms with E-state index in [1.165, 1.54) is 40.8 Å². The van der Waals surface area contributed by atoms with Crippen molar-refractivity contribution in [1.29, 1.82) is 0 Å². The molecule has 0 radical (unpaired) electrons. The lowest BCUT2D eigenvalue weighted by Crippen LogP contribution is -2.35. The molecule has 0 unspecified atom stereocenters. The lowest BCUT2D eigenvalue weighted by Gasteiger charge is -2.36. The number of hydrogen-bond donors (Lipinski definition) is 1. The molecule has 1 N–H and O–H groups in total. The van der Waals surface area contributed by atoms with E-state index in [1.807, 2.05) is 36.4 Å². The first-order valence-electron chi connectivity index (χ1n) is 10.9. The smallest absolute Gasteiger partial charge is 0.256 e. The maximum Gasteiger partial charge on any atom is 0.256 e. The van der Waals surface area contributed by atoms with Gasteiger partial charge in [-0.1, -0.05) is 36.8 Å². The Balaban J connectivity index is 1.78. The van der Waals surface area contributed by atoms with E-state index in [-0.39, 0.29) is 11.9 Å². The Kier molecular flexibility index (Phi) is 6.73. The summed E-state index contributed by atoms with van der Waals surface area (Å²) in [5.74, 6) is 0.796. The Morgan fingerprint density at radius 1 is 1.03 bits per heavy atom. The van der Waals surface area contributed by atoms with Gasteiger partial charge < -0.3 is 10.1 Å². The molecule has 0 aliphatic carbocycles. The zero-order chi connectivity index (χ0) is 21.8. The van der Waals surface area contributed by atoms with E-state index in [1.54, 1.807) is 18.4 Å². The number of thiophene rings is 1. The lowest BCUT2D eigenvalue weighted by atomic mass is 9.93. The van der Waals surface area contributed by atoms with Crippen LogP contribution in [0, 0.1) is 13.8 Å². The molecular weight excluding hydrogens is 404 g/mol. The molecule has 2 aromatic carbocycles. The summed E-state index contributed by atoms with van der Waals surface area (Å²) >= 11 is 1.67. The van der Waals surface area contributed by atoms with Crippen molar-refractivity contribution < 1.29 is 9.53 Å². The monoisotopic (exact) mass is 434 g/mol. The van der Waals surface area contributed by atoms with Gasteiger partial charge in [-0.2, -0.15) is 0 Å². The van der Waals surface area contributed by atoms with Crippen LogP contribution in [0.25, 0.3) is 0 Å². The average molecular weight is 435 g/mol. The van der Waals surface area contributed by atoms with Crippen LogP contribution in [0.2, 0.25) is 0 Å². The first-order chi connectivity index (χ1) is 15.1. The predicted octanol–water partition coefficient (Wildman–Crippen LogP) is 6.20. The van der Waals surface area contributed by atoms with Crippen LogP contribution >= 0.6 is 11.3 Å². The largest absolute Gasteiger partial charge is 0.497 e. The van der Waals surface area contributed by atoms with E-state index in [0.29, 0.717) is 5.56 Å². The fourth-order valence-corrected chi connectivity index (χ4v) is 5.47. The summed E-state index contributed by atoms with van der Waals surface area (Å²) in [4.78, 5) is 16.8. The molecule has 2 heterocycles. The predicted molar refractivity (Wildman–Crippen MR) is 128 cm³/mol. The molecule has 1 aliphatic rings. The van der Waals surface area contributed by atoms with Gasteiger partial charge in [-0.25, -0.2) is 0 Å². The van der Waals surface area contributed by atoms with Gasteiger partial charge in [-0.15, -0.1) is 11.3 Å². The molecule has 0 bridgehead atoms. The first-order valence-corrected chi connectivity index (χ1v) is 11.7. The Bertz CT molecular complexity index is 1040. The number of nitrogens with zero attached hydrogens (tertiary/aromatic N) is 1. The fraction of sp³-hybridized carbons (Fsp3) is 0.346. The summed E-state index contributed by atoms with van der Waals surface area (Å²) in [6, 6.07) is 17.9. The van der Waals surface area contributed by atoms with Crippen molar-refractivity contribution in [2.24, 2.45) is 0 Å². The first kappa shape index (κ1) is 21.6.